The van der Waals surface area contributed by atoms with Crippen LogP contribution in [0.4, 0.5) is 0 Å². The fraction of sp³-hybridized carbons (Fsp3) is 0.318. The number of hydrogen-bond donors (Lipinski definition) is 3. The molecule has 1 unspecified atom stereocenters. The topological polar surface area (TPSA) is 66.2 Å². The van der Waals surface area contributed by atoms with E-state index in [1.54, 1.807) is 0 Å². The first kappa shape index (κ1) is 20.4. The van der Waals surface area contributed by atoms with E-state index in [1.165, 1.54) is 16.5 Å². The Hall–Kier alpha value is -2.34. The molecule has 1 saturated heterocycles. The summed E-state index contributed by atoms with van der Waals surface area (Å²) in [6.07, 6.45) is 1.93. The number of fused-ring (bicyclic) bond motifs is 1. The average Bonchev–Trinajstić information content (AvgIpc) is 3.13. The van der Waals surface area contributed by atoms with E-state index in [0.29, 0.717) is 19.7 Å². The van der Waals surface area contributed by atoms with Gasteiger partial charge in [0.15, 0.2) is 0 Å². The van der Waals surface area contributed by atoms with E-state index in [2.05, 4.69) is 46.1 Å². The van der Waals surface area contributed by atoms with Crippen molar-refractivity contribution in [1.82, 2.24) is 15.6 Å². The molecule has 3 aromatic rings. The van der Waals surface area contributed by atoms with E-state index in [9.17, 15) is 4.79 Å². The Morgan fingerprint density at radius 2 is 1.93 bits per heavy atom. The summed E-state index contributed by atoms with van der Waals surface area (Å²) in [6.45, 7) is 3.82. The van der Waals surface area contributed by atoms with Crippen molar-refractivity contribution in [3.8, 4) is 0 Å². The zero-order valence-electron chi connectivity index (χ0n) is 15.9. The van der Waals surface area contributed by atoms with Gasteiger partial charge in [0, 0.05) is 36.1 Å². The van der Waals surface area contributed by atoms with Gasteiger partial charge in [-0.05, 0) is 24.1 Å². The Kier molecular flexibility index (Phi) is 6.73. The molecular weight excluding hydrogens is 374 g/mol. The number of hydrogen-bond acceptors (Lipinski definition) is 3. The van der Waals surface area contributed by atoms with E-state index in [-0.39, 0.29) is 36.4 Å². The molecule has 2 heterocycles. The monoisotopic (exact) mass is 399 g/mol. The number of H-pyrrole nitrogens is 1. The number of aromatic amines is 1. The summed E-state index contributed by atoms with van der Waals surface area (Å²) in [6, 6.07) is 18.3. The van der Waals surface area contributed by atoms with Crippen molar-refractivity contribution in [2.24, 2.45) is 0 Å². The summed E-state index contributed by atoms with van der Waals surface area (Å²) >= 11 is 0. The van der Waals surface area contributed by atoms with Crippen LogP contribution in [0.25, 0.3) is 10.9 Å². The number of halogens is 1. The van der Waals surface area contributed by atoms with E-state index in [1.807, 2.05) is 37.3 Å². The van der Waals surface area contributed by atoms with Gasteiger partial charge in [-0.3, -0.25) is 4.79 Å². The lowest BCUT2D eigenvalue weighted by Crippen LogP contribution is -2.55. The van der Waals surface area contributed by atoms with Gasteiger partial charge >= 0.3 is 0 Å². The second kappa shape index (κ2) is 9.24. The summed E-state index contributed by atoms with van der Waals surface area (Å²) in [5.41, 5.74) is 3.48. The summed E-state index contributed by atoms with van der Waals surface area (Å²) in [4.78, 5) is 16.1. The van der Waals surface area contributed by atoms with Crippen LogP contribution < -0.4 is 10.6 Å². The van der Waals surface area contributed by atoms with E-state index >= 15 is 0 Å². The van der Waals surface area contributed by atoms with Crippen LogP contribution in [0.1, 0.15) is 24.0 Å². The third-order valence-corrected chi connectivity index (χ3v) is 5.28. The van der Waals surface area contributed by atoms with Gasteiger partial charge in [-0.2, -0.15) is 0 Å². The molecule has 1 aliphatic heterocycles. The van der Waals surface area contributed by atoms with Gasteiger partial charge in [0.25, 0.3) is 0 Å². The molecule has 0 saturated carbocycles. The summed E-state index contributed by atoms with van der Waals surface area (Å²) in [5.74, 6) is 0.0640. The standard InChI is InChI=1S/C22H25N3O2.ClH/c1-15-21(23-11-12-27-15)22(26)25-13-18(16-7-3-2-4-8-16)19-14-24-20-10-6-5-9-17(19)20;/h2-10,14-15,18,21,23-24H,11-13H2,1H3,(H,25,26);1H/t15-,18?,21+;/m1./s1. The highest BCUT2D eigenvalue weighted by atomic mass is 35.5. The molecule has 3 N–H and O–H groups in total. The molecule has 1 aromatic heterocycles. The van der Waals surface area contributed by atoms with Crippen molar-refractivity contribution < 1.29 is 9.53 Å². The van der Waals surface area contributed by atoms with Gasteiger partial charge in [-0.1, -0.05) is 48.5 Å². The third-order valence-electron chi connectivity index (χ3n) is 5.28. The first-order valence-corrected chi connectivity index (χ1v) is 9.47. The molecular formula is C22H26ClN3O2. The molecule has 1 amide bonds. The van der Waals surface area contributed by atoms with Gasteiger partial charge in [0.05, 0.1) is 12.7 Å². The number of aromatic nitrogens is 1. The maximum atomic E-state index is 12.7. The number of para-hydroxylation sites is 1. The maximum absolute atomic E-state index is 12.7. The van der Waals surface area contributed by atoms with Gasteiger partial charge in [0.2, 0.25) is 5.91 Å². The minimum absolute atomic E-state index is 0. The normalized spacial score (nSPS) is 20.3. The highest BCUT2D eigenvalue weighted by Crippen LogP contribution is 2.30. The number of nitrogens with one attached hydrogen (secondary N) is 3. The molecule has 0 aliphatic carbocycles. The van der Waals surface area contributed by atoms with Crippen molar-refractivity contribution in [1.29, 1.82) is 0 Å². The van der Waals surface area contributed by atoms with Gasteiger partial charge in [0.1, 0.15) is 6.04 Å². The number of carbonyl (C=O) groups excluding carboxylic acids is 1. The summed E-state index contributed by atoms with van der Waals surface area (Å²) < 4.78 is 5.60. The smallest absolute Gasteiger partial charge is 0.239 e. The van der Waals surface area contributed by atoms with Crippen LogP contribution in [-0.2, 0) is 9.53 Å². The largest absolute Gasteiger partial charge is 0.375 e. The Balaban J connectivity index is 0.00000225. The molecule has 0 radical (unpaired) electrons. The summed E-state index contributed by atoms with van der Waals surface area (Å²) in [5, 5.41) is 7.58. The van der Waals surface area contributed by atoms with Crippen molar-refractivity contribution in [2.75, 3.05) is 19.7 Å². The molecule has 148 valence electrons. The average molecular weight is 400 g/mol. The van der Waals surface area contributed by atoms with Crippen LogP contribution in [0.15, 0.2) is 60.8 Å². The van der Waals surface area contributed by atoms with Crippen molar-refractivity contribution in [2.45, 2.75) is 25.0 Å². The van der Waals surface area contributed by atoms with Gasteiger partial charge in [-0.15, -0.1) is 12.4 Å². The van der Waals surface area contributed by atoms with Crippen molar-refractivity contribution >= 4 is 29.2 Å². The van der Waals surface area contributed by atoms with E-state index < -0.39 is 0 Å². The SMILES string of the molecule is C[C@H]1OCCN[C@@H]1C(=O)NCC(c1ccccc1)c1c[nH]c2ccccc12.Cl. The Bertz CT molecular complexity index is 912. The van der Waals surface area contributed by atoms with Crippen LogP contribution in [0, 0.1) is 0 Å². The first-order valence-electron chi connectivity index (χ1n) is 9.47. The molecule has 4 rings (SSSR count). The van der Waals surface area contributed by atoms with Crippen molar-refractivity contribution in [3.05, 3.63) is 71.9 Å². The number of carbonyl (C=O) groups is 1. The van der Waals surface area contributed by atoms with E-state index in [0.717, 1.165) is 5.52 Å². The quantitative estimate of drug-likeness (QED) is 0.617. The fourth-order valence-electron chi connectivity index (χ4n) is 3.81. The van der Waals surface area contributed by atoms with Crippen LogP contribution in [-0.4, -0.2) is 42.7 Å². The lowest BCUT2D eigenvalue weighted by atomic mass is 9.90. The number of ether oxygens (including phenoxy) is 1. The molecule has 3 atom stereocenters. The maximum Gasteiger partial charge on any atom is 0.239 e. The highest BCUT2D eigenvalue weighted by Gasteiger charge is 2.29. The molecule has 2 aromatic carbocycles. The molecule has 28 heavy (non-hydrogen) atoms. The number of morpholine rings is 1. The number of benzene rings is 2. The zero-order valence-corrected chi connectivity index (χ0v) is 16.7. The lowest BCUT2D eigenvalue weighted by Gasteiger charge is -2.30. The lowest BCUT2D eigenvalue weighted by molar-refractivity contribution is -0.128. The Morgan fingerprint density at radius 1 is 1.18 bits per heavy atom. The van der Waals surface area contributed by atoms with E-state index in [4.69, 9.17) is 4.74 Å². The predicted octanol–water partition coefficient (Wildman–Crippen LogP) is 3.21. The minimum Gasteiger partial charge on any atom is -0.375 e. The second-order valence-corrected chi connectivity index (χ2v) is 7.01. The Labute approximate surface area is 171 Å². The summed E-state index contributed by atoms with van der Waals surface area (Å²) in [7, 11) is 0. The molecule has 5 nitrogen and oxygen atoms in total. The number of rotatable bonds is 5. The fourth-order valence-corrected chi connectivity index (χ4v) is 3.81. The molecule has 0 spiro atoms. The predicted molar refractivity (Wildman–Crippen MR) is 114 cm³/mol. The minimum atomic E-state index is -0.307. The molecule has 6 heteroatoms. The number of amides is 1. The van der Waals surface area contributed by atoms with Crippen LogP contribution in [0.3, 0.4) is 0 Å². The molecule has 1 aliphatic rings. The van der Waals surface area contributed by atoms with Crippen molar-refractivity contribution in [3.63, 3.8) is 0 Å². The van der Waals surface area contributed by atoms with Crippen LogP contribution >= 0.6 is 12.4 Å². The van der Waals surface area contributed by atoms with Crippen LogP contribution in [0.5, 0.6) is 0 Å². The molecule has 0 bridgehead atoms. The third kappa shape index (κ3) is 4.22. The first-order chi connectivity index (χ1) is 13.2. The van der Waals surface area contributed by atoms with Gasteiger partial charge in [-0.25, -0.2) is 0 Å². The van der Waals surface area contributed by atoms with Gasteiger partial charge < -0.3 is 20.4 Å². The highest BCUT2D eigenvalue weighted by molar-refractivity contribution is 5.86. The zero-order chi connectivity index (χ0) is 18.6. The second-order valence-electron chi connectivity index (χ2n) is 7.01. The van der Waals surface area contributed by atoms with Crippen LogP contribution in [0.2, 0.25) is 0 Å². The molecule has 1 fully saturated rings. The Morgan fingerprint density at radius 3 is 2.71 bits per heavy atom.